The fourth-order valence-electron chi connectivity index (χ4n) is 2.60. The minimum Gasteiger partial charge on any atom is -0.449 e. The fourth-order valence-corrected chi connectivity index (χ4v) is 2.88. The van der Waals surface area contributed by atoms with Crippen LogP contribution in [0.25, 0.3) is 0 Å². The normalized spacial score (nSPS) is 20.9. The molecule has 0 unspecified atom stereocenters. The second kappa shape index (κ2) is 4.21. The van der Waals surface area contributed by atoms with E-state index in [-0.39, 0.29) is 5.97 Å². The van der Waals surface area contributed by atoms with Gasteiger partial charge in [0, 0.05) is 12.8 Å². The van der Waals surface area contributed by atoms with Crippen LogP contribution in [0.4, 0.5) is 0 Å². The van der Waals surface area contributed by atoms with Crippen LogP contribution in [0.15, 0.2) is 6.07 Å². The van der Waals surface area contributed by atoms with Crippen molar-refractivity contribution in [2.45, 2.75) is 31.8 Å². The Hall–Kier alpha value is -1.13. The van der Waals surface area contributed by atoms with E-state index in [1.807, 2.05) is 13.0 Å². The van der Waals surface area contributed by atoms with Gasteiger partial charge in [0.1, 0.15) is 10.8 Å². The van der Waals surface area contributed by atoms with Crippen LogP contribution in [0.1, 0.15) is 41.4 Å². The number of pyridine rings is 1. The van der Waals surface area contributed by atoms with E-state index in [2.05, 4.69) is 4.98 Å². The summed E-state index contributed by atoms with van der Waals surface area (Å²) in [6.45, 7) is 3.16. The third kappa shape index (κ3) is 1.63. The van der Waals surface area contributed by atoms with Crippen LogP contribution in [0.2, 0.25) is 5.15 Å². The van der Waals surface area contributed by atoms with Crippen LogP contribution in [0.5, 0.6) is 0 Å². The van der Waals surface area contributed by atoms with Gasteiger partial charge in [-0.05, 0) is 18.1 Å². The van der Waals surface area contributed by atoms with Crippen molar-refractivity contribution in [2.24, 2.45) is 0 Å². The average Bonchev–Trinajstić information content (AvgIpc) is 2.62. The Kier molecular flexibility index (Phi) is 2.79. The zero-order chi connectivity index (χ0) is 12.8. The molecule has 0 atom stereocenters. The minimum atomic E-state index is -0.611. The van der Waals surface area contributed by atoms with Crippen LogP contribution < -0.4 is 0 Å². The lowest BCUT2D eigenvalue weighted by Crippen LogP contribution is -2.34. The van der Waals surface area contributed by atoms with Gasteiger partial charge in [-0.3, -0.25) is 0 Å². The molecule has 1 aromatic heterocycles. The molecule has 0 aromatic carbocycles. The Balaban J connectivity index is 2.12. The van der Waals surface area contributed by atoms with Gasteiger partial charge < -0.3 is 9.47 Å². The van der Waals surface area contributed by atoms with E-state index in [1.54, 1.807) is 0 Å². The third-order valence-corrected chi connectivity index (χ3v) is 4.00. The summed E-state index contributed by atoms with van der Waals surface area (Å²) in [7, 11) is 0. The number of aryl methyl sites for hydroxylation is 1. The summed E-state index contributed by atoms with van der Waals surface area (Å²) in [5.41, 5.74) is 1.54. The maximum Gasteiger partial charge on any atom is 0.341 e. The molecule has 0 bridgehead atoms. The number of fused-ring (bicyclic) bond motifs is 2. The van der Waals surface area contributed by atoms with E-state index in [4.69, 9.17) is 21.1 Å². The first-order chi connectivity index (χ1) is 8.66. The molecule has 0 saturated carbocycles. The number of aromatic nitrogens is 1. The molecule has 0 amide bonds. The maximum absolute atomic E-state index is 12.0. The van der Waals surface area contributed by atoms with Gasteiger partial charge in [0.2, 0.25) is 0 Å². The zero-order valence-corrected chi connectivity index (χ0v) is 10.9. The highest BCUT2D eigenvalue weighted by atomic mass is 35.5. The molecule has 4 nitrogen and oxygen atoms in total. The smallest absolute Gasteiger partial charge is 0.341 e. The fraction of sp³-hybridized carbons (Fsp3) is 0.538. The van der Waals surface area contributed by atoms with E-state index in [1.165, 1.54) is 0 Å². The lowest BCUT2D eigenvalue weighted by atomic mass is 9.89. The van der Waals surface area contributed by atoms with Crippen molar-refractivity contribution in [3.8, 4) is 0 Å². The topological polar surface area (TPSA) is 48.4 Å². The molecule has 18 heavy (non-hydrogen) atoms. The molecule has 2 aliphatic heterocycles. The average molecular weight is 268 g/mol. The first kappa shape index (κ1) is 11.9. The third-order valence-electron chi connectivity index (χ3n) is 3.67. The first-order valence-electron chi connectivity index (χ1n) is 6.17. The maximum atomic E-state index is 12.0. The van der Waals surface area contributed by atoms with Gasteiger partial charge in [0.05, 0.1) is 18.8 Å². The molecular formula is C13H14ClNO3. The molecule has 1 aromatic rings. The summed E-state index contributed by atoms with van der Waals surface area (Å²) in [5, 5.41) is 0.473. The lowest BCUT2D eigenvalue weighted by molar-refractivity contribution is -0.0753. The zero-order valence-electron chi connectivity index (χ0n) is 10.2. The lowest BCUT2D eigenvalue weighted by Gasteiger charge is -2.31. The van der Waals surface area contributed by atoms with E-state index in [9.17, 15) is 4.79 Å². The SMILES string of the molecule is CCc1cc2c(nc1Cl)C1(CCOCC1)OC2=O. The number of esters is 1. The summed E-state index contributed by atoms with van der Waals surface area (Å²) >= 11 is 6.15. The number of hydrogen-bond acceptors (Lipinski definition) is 4. The van der Waals surface area contributed by atoms with Crippen LogP contribution in [0.3, 0.4) is 0 Å². The molecule has 0 radical (unpaired) electrons. The van der Waals surface area contributed by atoms with Gasteiger partial charge in [0.25, 0.3) is 0 Å². The first-order valence-corrected chi connectivity index (χ1v) is 6.55. The van der Waals surface area contributed by atoms with E-state index >= 15 is 0 Å². The van der Waals surface area contributed by atoms with Gasteiger partial charge in [-0.1, -0.05) is 18.5 Å². The number of carbonyl (C=O) groups is 1. The predicted octanol–water partition coefficient (Wildman–Crippen LogP) is 2.47. The molecule has 1 fully saturated rings. The minimum absolute atomic E-state index is 0.286. The summed E-state index contributed by atoms with van der Waals surface area (Å²) in [5.74, 6) is -0.286. The summed E-state index contributed by atoms with van der Waals surface area (Å²) in [6, 6.07) is 1.82. The predicted molar refractivity (Wildman–Crippen MR) is 65.8 cm³/mol. The Morgan fingerprint density at radius 1 is 1.44 bits per heavy atom. The number of rotatable bonds is 1. The Morgan fingerprint density at radius 3 is 2.83 bits per heavy atom. The molecule has 3 heterocycles. The molecular weight excluding hydrogens is 254 g/mol. The number of carbonyl (C=O) groups excluding carboxylic acids is 1. The molecule has 1 spiro atoms. The van der Waals surface area contributed by atoms with Gasteiger partial charge in [-0.25, -0.2) is 9.78 Å². The molecule has 1 saturated heterocycles. The monoisotopic (exact) mass is 267 g/mol. The van der Waals surface area contributed by atoms with Crippen LogP contribution in [0, 0.1) is 0 Å². The van der Waals surface area contributed by atoms with Crippen LogP contribution >= 0.6 is 11.6 Å². The van der Waals surface area contributed by atoms with E-state index < -0.39 is 5.60 Å². The highest BCUT2D eigenvalue weighted by molar-refractivity contribution is 6.30. The van der Waals surface area contributed by atoms with E-state index in [0.717, 1.165) is 12.0 Å². The molecule has 5 heteroatoms. The van der Waals surface area contributed by atoms with Crippen molar-refractivity contribution in [3.63, 3.8) is 0 Å². The largest absolute Gasteiger partial charge is 0.449 e. The van der Waals surface area contributed by atoms with E-state index in [0.29, 0.717) is 42.5 Å². The number of nitrogens with zero attached hydrogens (tertiary/aromatic N) is 1. The number of halogens is 1. The Bertz CT molecular complexity index is 509. The Labute approximate surface area is 110 Å². The van der Waals surface area contributed by atoms with Crippen molar-refractivity contribution in [1.29, 1.82) is 0 Å². The quantitative estimate of drug-likeness (QED) is 0.579. The van der Waals surface area contributed by atoms with Crippen molar-refractivity contribution < 1.29 is 14.3 Å². The van der Waals surface area contributed by atoms with Gasteiger partial charge >= 0.3 is 5.97 Å². The van der Waals surface area contributed by atoms with Crippen LogP contribution in [-0.2, 0) is 21.5 Å². The van der Waals surface area contributed by atoms with Gasteiger partial charge in [-0.15, -0.1) is 0 Å². The molecule has 96 valence electrons. The summed E-state index contributed by atoms with van der Waals surface area (Å²) in [4.78, 5) is 16.4. The second-order valence-electron chi connectivity index (χ2n) is 4.68. The van der Waals surface area contributed by atoms with Crippen molar-refractivity contribution in [3.05, 3.63) is 28.0 Å². The Morgan fingerprint density at radius 2 is 2.17 bits per heavy atom. The molecule has 3 rings (SSSR count). The number of ether oxygens (including phenoxy) is 2. The van der Waals surface area contributed by atoms with Crippen molar-refractivity contribution in [1.82, 2.24) is 4.98 Å². The highest BCUT2D eigenvalue weighted by Crippen LogP contribution is 2.43. The molecule has 0 aliphatic carbocycles. The second-order valence-corrected chi connectivity index (χ2v) is 5.04. The molecule has 0 N–H and O–H groups in total. The van der Waals surface area contributed by atoms with Gasteiger partial charge in [-0.2, -0.15) is 0 Å². The number of hydrogen-bond donors (Lipinski definition) is 0. The van der Waals surface area contributed by atoms with Crippen LogP contribution in [-0.4, -0.2) is 24.2 Å². The highest BCUT2D eigenvalue weighted by Gasteiger charge is 2.48. The van der Waals surface area contributed by atoms with Crippen molar-refractivity contribution in [2.75, 3.05) is 13.2 Å². The molecule has 2 aliphatic rings. The summed E-state index contributed by atoms with van der Waals surface area (Å²) in [6.07, 6.45) is 2.06. The van der Waals surface area contributed by atoms with Gasteiger partial charge in [0.15, 0.2) is 5.60 Å². The summed E-state index contributed by atoms with van der Waals surface area (Å²) < 4.78 is 10.9. The standard InChI is InChI=1S/C13H14ClNO3/c1-2-8-7-9-10(15-11(8)14)13(18-12(9)16)3-5-17-6-4-13/h7H,2-6H2,1H3. The van der Waals surface area contributed by atoms with Crippen molar-refractivity contribution >= 4 is 17.6 Å².